The van der Waals surface area contributed by atoms with Crippen molar-refractivity contribution in [1.82, 2.24) is 4.98 Å². The summed E-state index contributed by atoms with van der Waals surface area (Å²) in [5, 5.41) is 1.33. The molecule has 1 aromatic carbocycles. The molecule has 3 nitrogen and oxygen atoms in total. The maximum atomic E-state index is 12.0. The summed E-state index contributed by atoms with van der Waals surface area (Å²) in [6.07, 6.45) is 5.48. The average Bonchev–Trinajstić information content (AvgIpc) is 2.73. The summed E-state index contributed by atoms with van der Waals surface area (Å²) >= 11 is 5.94. The predicted octanol–water partition coefficient (Wildman–Crippen LogP) is 3.62. The van der Waals surface area contributed by atoms with Gasteiger partial charge in [-0.2, -0.15) is 0 Å². The van der Waals surface area contributed by atoms with Gasteiger partial charge in [-0.25, -0.2) is 4.79 Å². The summed E-state index contributed by atoms with van der Waals surface area (Å²) in [5.41, 5.74) is 1.57. The molecule has 2 aromatic rings. The third-order valence-electron chi connectivity index (χ3n) is 2.66. The summed E-state index contributed by atoms with van der Waals surface area (Å²) in [7, 11) is 0. The van der Waals surface area contributed by atoms with Gasteiger partial charge < -0.3 is 9.72 Å². The normalized spacial score (nSPS) is 10.7. The molecule has 0 saturated carbocycles. The van der Waals surface area contributed by atoms with E-state index in [1.807, 2.05) is 13.8 Å². The highest BCUT2D eigenvalue weighted by molar-refractivity contribution is 6.31. The molecular weight excluding hydrogens is 262 g/mol. The molecule has 0 aliphatic carbocycles. The van der Waals surface area contributed by atoms with Crippen molar-refractivity contribution in [3.63, 3.8) is 0 Å². The van der Waals surface area contributed by atoms with Gasteiger partial charge in [-0.15, -0.1) is 6.42 Å². The Morgan fingerprint density at radius 3 is 2.89 bits per heavy atom. The first-order valence-electron chi connectivity index (χ1n) is 5.98. The molecule has 0 unspecified atom stereocenters. The largest absolute Gasteiger partial charge is 0.461 e. The van der Waals surface area contributed by atoms with Crippen LogP contribution >= 0.6 is 11.6 Å². The molecule has 0 fully saturated rings. The van der Waals surface area contributed by atoms with Gasteiger partial charge in [0, 0.05) is 15.9 Å². The Kier molecular flexibility index (Phi) is 3.82. The third kappa shape index (κ3) is 2.74. The number of carbonyl (C=O) groups excluding carboxylic acids is 1. The van der Waals surface area contributed by atoms with Crippen molar-refractivity contribution in [1.29, 1.82) is 0 Å². The second kappa shape index (κ2) is 5.38. The Morgan fingerprint density at radius 2 is 2.26 bits per heavy atom. The van der Waals surface area contributed by atoms with Crippen molar-refractivity contribution in [3.05, 3.63) is 34.5 Å². The highest BCUT2D eigenvalue weighted by Gasteiger charge is 2.18. The Balaban J connectivity index is 2.43. The van der Waals surface area contributed by atoms with Crippen molar-refractivity contribution >= 4 is 28.5 Å². The number of fused-ring (bicyclic) bond motifs is 1. The van der Waals surface area contributed by atoms with E-state index in [0.29, 0.717) is 22.9 Å². The van der Waals surface area contributed by atoms with Crippen molar-refractivity contribution in [2.75, 3.05) is 6.61 Å². The van der Waals surface area contributed by atoms with Crippen LogP contribution in [-0.2, 0) is 4.74 Å². The number of nitrogens with one attached hydrogen (secondary N) is 1. The number of terminal acetylenes is 1. The van der Waals surface area contributed by atoms with E-state index in [4.69, 9.17) is 22.8 Å². The number of hydrogen-bond acceptors (Lipinski definition) is 2. The quantitative estimate of drug-likeness (QED) is 0.687. The second-order valence-corrected chi connectivity index (χ2v) is 5.14. The van der Waals surface area contributed by atoms with Gasteiger partial charge in [0.05, 0.1) is 12.2 Å². The highest BCUT2D eigenvalue weighted by atomic mass is 35.5. The van der Waals surface area contributed by atoms with Crippen molar-refractivity contribution in [3.8, 4) is 12.3 Å². The van der Waals surface area contributed by atoms with Gasteiger partial charge in [0.2, 0.25) is 0 Å². The van der Waals surface area contributed by atoms with Crippen LogP contribution in [0.3, 0.4) is 0 Å². The van der Waals surface area contributed by atoms with E-state index in [0.717, 1.165) is 10.9 Å². The van der Waals surface area contributed by atoms with Crippen molar-refractivity contribution in [2.24, 2.45) is 5.92 Å². The topological polar surface area (TPSA) is 42.1 Å². The van der Waals surface area contributed by atoms with Crippen LogP contribution < -0.4 is 0 Å². The lowest BCUT2D eigenvalue weighted by Gasteiger charge is -2.06. The fourth-order valence-electron chi connectivity index (χ4n) is 1.78. The number of hydrogen-bond donors (Lipinski definition) is 1. The van der Waals surface area contributed by atoms with Gasteiger partial charge in [0.25, 0.3) is 0 Å². The first-order chi connectivity index (χ1) is 9.02. The molecule has 0 bridgehead atoms. The number of esters is 1. The van der Waals surface area contributed by atoms with Crippen LogP contribution in [0.1, 0.15) is 29.9 Å². The minimum absolute atomic E-state index is 0.275. The fraction of sp³-hybridized carbons (Fsp3) is 0.267. The molecule has 0 radical (unpaired) electrons. The van der Waals surface area contributed by atoms with Crippen LogP contribution in [0.4, 0.5) is 0 Å². The van der Waals surface area contributed by atoms with Crippen LogP contribution in [-0.4, -0.2) is 17.6 Å². The summed E-state index contributed by atoms with van der Waals surface area (Å²) in [5.74, 6) is 2.36. The van der Waals surface area contributed by atoms with Gasteiger partial charge >= 0.3 is 5.97 Å². The van der Waals surface area contributed by atoms with Crippen LogP contribution in [0.15, 0.2) is 18.2 Å². The lowest BCUT2D eigenvalue weighted by atomic mass is 10.1. The third-order valence-corrected chi connectivity index (χ3v) is 2.89. The average molecular weight is 276 g/mol. The number of H-pyrrole nitrogens is 1. The highest BCUT2D eigenvalue weighted by Crippen LogP contribution is 2.25. The van der Waals surface area contributed by atoms with Crippen molar-refractivity contribution < 1.29 is 9.53 Å². The number of rotatable bonds is 3. The number of benzene rings is 1. The number of aromatic nitrogens is 1. The predicted molar refractivity (Wildman–Crippen MR) is 76.4 cm³/mol. The molecule has 1 N–H and O–H groups in total. The van der Waals surface area contributed by atoms with Crippen LogP contribution in [0, 0.1) is 18.3 Å². The smallest absolute Gasteiger partial charge is 0.356 e. The molecule has 98 valence electrons. The molecule has 0 spiro atoms. The van der Waals surface area contributed by atoms with Crippen LogP contribution in [0.5, 0.6) is 0 Å². The molecule has 0 aliphatic heterocycles. The summed E-state index contributed by atoms with van der Waals surface area (Å²) in [6.45, 7) is 4.31. The molecule has 2 rings (SSSR count). The van der Waals surface area contributed by atoms with E-state index in [2.05, 4.69) is 10.9 Å². The van der Waals surface area contributed by atoms with E-state index < -0.39 is 5.97 Å². The van der Waals surface area contributed by atoms with Gasteiger partial charge in [0.15, 0.2) is 0 Å². The Hall–Kier alpha value is -1.92. The molecular formula is C15H14ClNO2. The maximum Gasteiger partial charge on any atom is 0.356 e. The molecule has 1 heterocycles. The lowest BCUT2D eigenvalue weighted by Crippen LogP contribution is -2.11. The van der Waals surface area contributed by atoms with Gasteiger partial charge in [-0.1, -0.05) is 31.4 Å². The van der Waals surface area contributed by atoms with E-state index in [9.17, 15) is 4.79 Å². The minimum atomic E-state index is -0.436. The molecule has 19 heavy (non-hydrogen) atoms. The Labute approximate surface area is 116 Å². The monoisotopic (exact) mass is 275 g/mol. The number of halogens is 1. The Bertz CT molecular complexity index is 665. The van der Waals surface area contributed by atoms with E-state index in [1.165, 1.54) is 0 Å². The number of aromatic amines is 1. The van der Waals surface area contributed by atoms with Crippen LogP contribution in [0.2, 0.25) is 5.02 Å². The molecule has 1 aromatic heterocycles. The zero-order valence-corrected chi connectivity index (χ0v) is 11.5. The second-order valence-electron chi connectivity index (χ2n) is 4.70. The summed E-state index contributed by atoms with van der Waals surface area (Å²) in [4.78, 5) is 15.0. The van der Waals surface area contributed by atoms with Crippen LogP contribution in [0.25, 0.3) is 10.9 Å². The summed E-state index contributed by atoms with van der Waals surface area (Å²) in [6, 6.07) is 5.27. The Morgan fingerprint density at radius 1 is 1.53 bits per heavy atom. The molecule has 0 amide bonds. The lowest BCUT2D eigenvalue weighted by molar-refractivity contribution is 0.0453. The number of ether oxygens (including phenoxy) is 1. The van der Waals surface area contributed by atoms with Crippen molar-refractivity contribution in [2.45, 2.75) is 13.8 Å². The zero-order valence-electron chi connectivity index (χ0n) is 10.8. The summed E-state index contributed by atoms with van der Waals surface area (Å²) < 4.78 is 5.19. The van der Waals surface area contributed by atoms with E-state index in [-0.39, 0.29) is 5.92 Å². The molecule has 4 heteroatoms. The molecule has 0 saturated heterocycles. The first-order valence-corrected chi connectivity index (χ1v) is 6.35. The maximum absolute atomic E-state index is 12.0. The fourth-order valence-corrected chi connectivity index (χ4v) is 1.95. The van der Waals surface area contributed by atoms with Gasteiger partial charge in [-0.05, 0) is 24.1 Å². The standard InChI is InChI=1S/C15H14ClNO2/c1-4-11-12-7-10(16)5-6-13(12)17-14(11)15(18)19-8-9(2)3/h1,5-7,9,17H,8H2,2-3H3. The molecule has 0 aliphatic rings. The SMILES string of the molecule is C#Cc1c(C(=O)OCC(C)C)[nH]c2ccc(Cl)cc12. The minimum Gasteiger partial charge on any atom is -0.461 e. The van der Waals surface area contributed by atoms with Gasteiger partial charge in [-0.3, -0.25) is 0 Å². The van der Waals surface area contributed by atoms with Gasteiger partial charge in [0.1, 0.15) is 5.69 Å². The molecule has 0 atom stereocenters. The van der Waals surface area contributed by atoms with E-state index >= 15 is 0 Å². The first kappa shape index (κ1) is 13.5. The zero-order chi connectivity index (χ0) is 14.0. The number of carbonyl (C=O) groups is 1. The van der Waals surface area contributed by atoms with E-state index in [1.54, 1.807) is 18.2 Å².